The number of amides is 2. The van der Waals surface area contributed by atoms with Crippen molar-refractivity contribution in [2.45, 2.75) is 31.8 Å². The molecule has 1 aliphatic heterocycles. The highest BCUT2D eigenvalue weighted by atomic mass is 16.2. The molecule has 0 bridgehead atoms. The molecule has 8 nitrogen and oxygen atoms in total. The molecule has 3 aromatic heterocycles. The molecular weight excluding hydrogens is 402 g/mol. The minimum Gasteiger partial charge on any atom is -0.341 e. The van der Waals surface area contributed by atoms with E-state index in [-0.39, 0.29) is 6.03 Å². The van der Waals surface area contributed by atoms with Crippen LogP contribution in [-0.4, -0.2) is 48.8 Å². The Bertz CT molecular complexity index is 1350. The fourth-order valence-corrected chi connectivity index (χ4v) is 4.69. The summed E-state index contributed by atoms with van der Waals surface area (Å²) in [5.74, 6) is 1.71. The van der Waals surface area contributed by atoms with Crippen LogP contribution in [-0.2, 0) is 20.1 Å². The van der Waals surface area contributed by atoms with Crippen molar-refractivity contribution in [2.75, 3.05) is 13.6 Å². The summed E-state index contributed by atoms with van der Waals surface area (Å²) in [4.78, 5) is 24.1. The topological polar surface area (TPSA) is 80.9 Å². The highest BCUT2D eigenvalue weighted by Crippen LogP contribution is 2.43. The maximum Gasteiger partial charge on any atom is 0.317 e. The number of carbonyl (C=O) groups is 1. The minimum absolute atomic E-state index is 0.0444. The third kappa shape index (κ3) is 3.05. The molecule has 4 aromatic rings. The largest absolute Gasteiger partial charge is 0.341 e. The number of urea groups is 1. The number of fused-ring (bicyclic) bond motifs is 2. The lowest BCUT2D eigenvalue weighted by Crippen LogP contribution is -2.43. The van der Waals surface area contributed by atoms with Crippen LogP contribution in [0.1, 0.15) is 30.3 Å². The van der Waals surface area contributed by atoms with Crippen LogP contribution >= 0.6 is 0 Å². The summed E-state index contributed by atoms with van der Waals surface area (Å²) in [6.45, 7) is 2.05. The molecule has 1 aromatic carbocycles. The van der Waals surface area contributed by atoms with Crippen molar-refractivity contribution in [3.63, 3.8) is 0 Å². The van der Waals surface area contributed by atoms with Gasteiger partial charge < -0.3 is 14.8 Å². The lowest BCUT2D eigenvalue weighted by molar-refractivity contribution is 0.185. The van der Waals surface area contributed by atoms with E-state index < -0.39 is 0 Å². The quantitative estimate of drug-likeness (QED) is 0.542. The molecule has 0 atom stereocenters. The number of imidazole rings is 1. The zero-order valence-electron chi connectivity index (χ0n) is 18.2. The van der Waals surface area contributed by atoms with Crippen LogP contribution < -0.4 is 5.32 Å². The Labute approximate surface area is 185 Å². The molecule has 1 N–H and O–H groups in total. The summed E-state index contributed by atoms with van der Waals surface area (Å²) < 4.78 is 4.13. The summed E-state index contributed by atoms with van der Waals surface area (Å²) in [5, 5.41) is 9.21. The monoisotopic (exact) mass is 427 g/mol. The number of rotatable bonds is 3. The molecule has 0 saturated heterocycles. The van der Waals surface area contributed by atoms with E-state index in [1.165, 1.54) is 18.7 Å². The average Bonchev–Trinajstić information content (AvgIpc) is 3.47. The number of aryl methyl sites for hydroxylation is 1. The van der Waals surface area contributed by atoms with E-state index in [4.69, 9.17) is 9.97 Å². The second-order valence-corrected chi connectivity index (χ2v) is 8.67. The number of pyridine rings is 1. The maximum atomic E-state index is 12.3. The zero-order chi connectivity index (χ0) is 21.8. The predicted octanol–water partition coefficient (Wildman–Crippen LogP) is 3.53. The van der Waals surface area contributed by atoms with Crippen molar-refractivity contribution in [1.82, 2.24) is 34.5 Å². The lowest BCUT2D eigenvalue weighted by Gasteiger charge is -2.29. The molecule has 1 aliphatic carbocycles. The molecule has 32 heavy (non-hydrogen) atoms. The molecule has 162 valence electrons. The van der Waals surface area contributed by atoms with E-state index in [0.717, 1.165) is 45.5 Å². The van der Waals surface area contributed by atoms with Gasteiger partial charge in [-0.05, 0) is 24.3 Å². The van der Waals surface area contributed by atoms with Crippen molar-refractivity contribution in [3.05, 3.63) is 54.4 Å². The summed E-state index contributed by atoms with van der Waals surface area (Å²) in [5.41, 5.74) is 5.06. The third-order valence-corrected chi connectivity index (χ3v) is 6.50. The molecule has 1 saturated carbocycles. The number of nitrogens with zero attached hydrogens (tertiary/aromatic N) is 6. The molecule has 8 heteroatoms. The highest BCUT2D eigenvalue weighted by molar-refractivity contribution is 5.97. The van der Waals surface area contributed by atoms with Crippen molar-refractivity contribution >= 4 is 16.8 Å². The molecule has 1 fully saturated rings. The number of hydrogen-bond donors (Lipinski definition) is 1. The summed E-state index contributed by atoms with van der Waals surface area (Å²) in [6.07, 6.45) is 8.13. The van der Waals surface area contributed by atoms with Crippen molar-refractivity contribution in [1.29, 1.82) is 0 Å². The first-order valence-corrected chi connectivity index (χ1v) is 11.1. The van der Waals surface area contributed by atoms with Gasteiger partial charge in [0.2, 0.25) is 0 Å². The van der Waals surface area contributed by atoms with Crippen LogP contribution in [0.3, 0.4) is 0 Å². The SMILES string of the molecule is CNC(=O)N1CCn2c(C3CC3)nc(-c3cccc4cc(-c5cnn(C)c5)ncc34)c2C1. The van der Waals surface area contributed by atoms with Gasteiger partial charge in [-0.15, -0.1) is 0 Å². The van der Waals surface area contributed by atoms with Crippen molar-refractivity contribution in [2.24, 2.45) is 7.05 Å². The van der Waals surface area contributed by atoms with Gasteiger partial charge in [0.25, 0.3) is 0 Å². The fourth-order valence-electron chi connectivity index (χ4n) is 4.69. The Hall–Kier alpha value is -3.68. The third-order valence-electron chi connectivity index (χ3n) is 6.50. The Morgan fingerprint density at radius 1 is 1.19 bits per heavy atom. The van der Waals surface area contributed by atoms with Gasteiger partial charge in [0.1, 0.15) is 5.82 Å². The normalized spacial score (nSPS) is 15.8. The van der Waals surface area contributed by atoms with E-state index in [9.17, 15) is 4.79 Å². The molecule has 4 heterocycles. The molecule has 0 spiro atoms. The Balaban J connectivity index is 1.48. The first kappa shape index (κ1) is 19.0. The van der Waals surface area contributed by atoms with Gasteiger partial charge in [0.15, 0.2) is 0 Å². The Kier molecular flexibility index (Phi) is 4.28. The molecule has 6 rings (SSSR count). The summed E-state index contributed by atoms with van der Waals surface area (Å²) >= 11 is 0. The van der Waals surface area contributed by atoms with Crippen molar-refractivity contribution in [3.8, 4) is 22.5 Å². The number of aromatic nitrogens is 5. The summed E-state index contributed by atoms with van der Waals surface area (Å²) in [7, 11) is 3.59. The number of carbonyl (C=O) groups excluding carboxylic acids is 1. The van der Waals surface area contributed by atoms with Gasteiger partial charge in [-0.25, -0.2) is 9.78 Å². The van der Waals surface area contributed by atoms with Crippen molar-refractivity contribution < 1.29 is 4.79 Å². The fraction of sp³-hybridized carbons (Fsp3) is 0.333. The number of benzene rings is 1. The number of nitrogens with one attached hydrogen (secondary N) is 1. The van der Waals surface area contributed by atoms with Gasteiger partial charge in [-0.2, -0.15) is 5.10 Å². The number of hydrogen-bond acceptors (Lipinski definition) is 4. The van der Waals surface area contributed by atoms with Crippen LogP contribution in [0, 0.1) is 0 Å². The molecule has 2 aliphatic rings. The van der Waals surface area contributed by atoms with E-state index in [0.29, 0.717) is 19.0 Å². The second kappa shape index (κ2) is 7.19. The Morgan fingerprint density at radius 3 is 2.81 bits per heavy atom. The van der Waals surface area contributed by atoms with Crippen LogP contribution in [0.4, 0.5) is 4.79 Å². The van der Waals surface area contributed by atoms with Gasteiger partial charge in [-0.1, -0.05) is 18.2 Å². The van der Waals surface area contributed by atoms with Gasteiger partial charge >= 0.3 is 6.03 Å². The van der Waals surface area contributed by atoms with Crippen LogP contribution in [0.25, 0.3) is 33.3 Å². The second-order valence-electron chi connectivity index (χ2n) is 8.67. The van der Waals surface area contributed by atoms with E-state index in [1.807, 2.05) is 30.5 Å². The van der Waals surface area contributed by atoms with Gasteiger partial charge in [0.05, 0.1) is 29.8 Å². The highest BCUT2D eigenvalue weighted by Gasteiger charge is 2.34. The van der Waals surface area contributed by atoms with Crippen LogP contribution in [0.15, 0.2) is 42.9 Å². The van der Waals surface area contributed by atoms with Gasteiger partial charge in [0, 0.05) is 62.0 Å². The Morgan fingerprint density at radius 2 is 2.06 bits per heavy atom. The van der Waals surface area contributed by atoms with E-state index >= 15 is 0 Å². The average molecular weight is 428 g/mol. The van der Waals surface area contributed by atoms with Crippen LogP contribution in [0.2, 0.25) is 0 Å². The van der Waals surface area contributed by atoms with Gasteiger partial charge in [-0.3, -0.25) is 9.67 Å². The predicted molar refractivity (Wildman–Crippen MR) is 122 cm³/mol. The standard InChI is InChI=1S/C24H25N7O/c1-25-24(32)30-8-9-31-21(14-30)22(28-23(31)15-6-7-15)18-5-3-4-16-10-20(26-12-19(16)18)17-11-27-29(2)13-17/h3-5,10-13,15H,6-9,14H2,1-2H3,(H,25,32). The molecule has 0 unspecified atom stereocenters. The first-order chi connectivity index (χ1) is 15.6. The minimum atomic E-state index is -0.0444. The maximum absolute atomic E-state index is 12.3. The smallest absolute Gasteiger partial charge is 0.317 e. The zero-order valence-corrected chi connectivity index (χ0v) is 18.2. The molecular formula is C24H25N7O. The summed E-state index contributed by atoms with van der Waals surface area (Å²) in [6, 6.07) is 8.37. The lowest BCUT2D eigenvalue weighted by atomic mass is 10.0. The van der Waals surface area contributed by atoms with E-state index in [1.54, 1.807) is 11.7 Å². The van der Waals surface area contributed by atoms with E-state index in [2.05, 4.69) is 39.2 Å². The molecule has 0 radical (unpaired) electrons. The van der Waals surface area contributed by atoms with Crippen LogP contribution in [0.5, 0.6) is 0 Å². The first-order valence-electron chi connectivity index (χ1n) is 11.1. The molecule has 2 amide bonds.